The summed E-state index contributed by atoms with van der Waals surface area (Å²) in [5.74, 6) is 0.945. The third kappa shape index (κ3) is 5.62. The average molecular weight is 235 g/mol. The van der Waals surface area contributed by atoms with Crippen LogP contribution in [0.2, 0.25) is 0 Å². The zero-order chi connectivity index (χ0) is 12.9. The maximum Gasteiger partial charge on any atom is 0.119 e. The molecule has 1 rings (SSSR count). The second-order valence-electron chi connectivity index (χ2n) is 5.78. The lowest BCUT2D eigenvalue weighted by molar-refractivity contribution is 0.217. The Labute approximate surface area is 105 Å². The summed E-state index contributed by atoms with van der Waals surface area (Å²) in [7, 11) is 0. The minimum absolute atomic E-state index is 0.281. The molecule has 0 bridgehead atoms. The molecular weight excluding hydrogens is 210 g/mol. The number of benzene rings is 1. The first kappa shape index (κ1) is 13.9. The number of ether oxygens (including phenoxy) is 1. The van der Waals surface area contributed by atoms with E-state index in [0.717, 1.165) is 24.4 Å². The van der Waals surface area contributed by atoms with Crippen LogP contribution in [-0.4, -0.2) is 12.6 Å². The number of hydrogen-bond donors (Lipinski definition) is 1. The van der Waals surface area contributed by atoms with Gasteiger partial charge in [-0.15, -0.1) is 0 Å². The summed E-state index contributed by atoms with van der Waals surface area (Å²) in [5, 5.41) is 3.42. The molecule has 0 saturated heterocycles. The zero-order valence-corrected chi connectivity index (χ0v) is 11.7. The van der Waals surface area contributed by atoms with E-state index < -0.39 is 0 Å². The molecule has 2 nitrogen and oxygen atoms in total. The summed E-state index contributed by atoms with van der Waals surface area (Å²) in [6.45, 7) is 11.9. The van der Waals surface area contributed by atoms with Crippen molar-refractivity contribution >= 4 is 5.69 Å². The highest BCUT2D eigenvalue weighted by molar-refractivity contribution is 5.46. The van der Waals surface area contributed by atoms with Gasteiger partial charge in [-0.1, -0.05) is 27.7 Å². The predicted octanol–water partition coefficient (Wildman–Crippen LogP) is 4.32. The third-order valence-corrected chi connectivity index (χ3v) is 2.59. The molecule has 1 aromatic rings. The number of rotatable bonds is 5. The van der Waals surface area contributed by atoms with Crippen LogP contribution in [0.5, 0.6) is 5.75 Å². The van der Waals surface area contributed by atoms with Crippen LogP contribution in [0.15, 0.2) is 24.3 Å². The summed E-state index contributed by atoms with van der Waals surface area (Å²) >= 11 is 0. The Kier molecular flexibility index (Phi) is 4.86. The summed E-state index contributed by atoms with van der Waals surface area (Å²) in [6.07, 6.45) is 1.31. The average Bonchev–Trinajstić information content (AvgIpc) is 2.27. The van der Waals surface area contributed by atoms with E-state index in [0.29, 0.717) is 5.41 Å². The van der Waals surface area contributed by atoms with E-state index in [4.69, 9.17) is 4.74 Å². The lowest BCUT2D eigenvalue weighted by atomic mass is 9.97. The fraction of sp³-hybridized carbons (Fsp3) is 0.600. The van der Waals surface area contributed by atoms with Crippen molar-refractivity contribution in [3.05, 3.63) is 24.3 Å². The fourth-order valence-corrected chi connectivity index (χ4v) is 1.33. The first-order valence-corrected chi connectivity index (χ1v) is 6.41. The maximum atomic E-state index is 5.74. The highest BCUT2D eigenvalue weighted by Gasteiger charge is 2.09. The van der Waals surface area contributed by atoms with Crippen molar-refractivity contribution < 1.29 is 4.74 Å². The van der Waals surface area contributed by atoms with Crippen molar-refractivity contribution in [2.45, 2.75) is 47.1 Å². The molecule has 1 unspecified atom stereocenters. The molecule has 17 heavy (non-hydrogen) atoms. The van der Waals surface area contributed by atoms with Crippen LogP contribution < -0.4 is 10.1 Å². The topological polar surface area (TPSA) is 21.3 Å². The second kappa shape index (κ2) is 5.95. The molecule has 0 aliphatic heterocycles. The molecule has 0 spiro atoms. The van der Waals surface area contributed by atoms with Crippen molar-refractivity contribution in [3.63, 3.8) is 0 Å². The van der Waals surface area contributed by atoms with Crippen molar-refractivity contribution in [2.75, 3.05) is 11.9 Å². The Hall–Kier alpha value is -1.18. The molecule has 0 radical (unpaired) electrons. The Balaban J connectivity index is 2.50. The summed E-state index contributed by atoms with van der Waals surface area (Å²) in [6, 6.07) is 8.20. The first-order valence-electron chi connectivity index (χ1n) is 6.41. The number of nitrogens with one attached hydrogen (secondary N) is 1. The van der Waals surface area contributed by atoms with Crippen LogP contribution in [0, 0.1) is 5.41 Å². The molecule has 0 fully saturated rings. The van der Waals surface area contributed by atoms with Gasteiger partial charge < -0.3 is 10.1 Å². The van der Waals surface area contributed by atoms with E-state index >= 15 is 0 Å². The smallest absolute Gasteiger partial charge is 0.119 e. The largest absolute Gasteiger partial charge is 0.491 e. The Morgan fingerprint density at radius 1 is 1.18 bits per heavy atom. The summed E-state index contributed by atoms with van der Waals surface area (Å²) in [4.78, 5) is 0. The molecule has 1 atom stereocenters. The van der Waals surface area contributed by atoms with Crippen molar-refractivity contribution in [1.29, 1.82) is 0 Å². The van der Waals surface area contributed by atoms with Gasteiger partial charge in [0.15, 0.2) is 0 Å². The maximum absolute atomic E-state index is 5.74. The fourth-order valence-electron chi connectivity index (χ4n) is 1.33. The van der Waals surface area contributed by atoms with Gasteiger partial charge in [0.25, 0.3) is 0 Å². The monoisotopic (exact) mass is 235 g/mol. The molecule has 0 saturated carbocycles. The molecule has 0 amide bonds. The van der Waals surface area contributed by atoms with Gasteiger partial charge >= 0.3 is 0 Å². The zero-order valence-electron chi connectivity index (χ0n) is 11.7. The van der Waals surface area contributed by atoms with E-state index in [1.165, 1.54) is 0 Å². The molecule has 0 heterocycles. The Bertz CT molecular complexity index is 324. The quantitative estimate of drug-likeness (QED) is 0.820. The highest BCUT2D eigenvalue weighted by atomic mass is 16.5. The summed E-state index contributed by atoms with van der Waals surface area (Å²) in [5.41, 5.74) is 1.45. The minimum atomic E-state index is 0.281. The van der Waals surface area contributed by atoms with E-state index in [-0.39, 0.29) is 6.10 Å². The van der Waals surface area contributed by atoms with Crippen LogP contribution >= 0.6 is 0 Å². The van der Waals surface area contributed by atoms with Crippen LogP contribution in [-0.2, 0) is 0 Å². The SMILES string of the molecule is CCC(C)Oc1ccc(NCC(C)(C)C)cc1. The van der Waals surface area contributed by atoms with Crippen molar-refractivity contribution in [1.82, 2.24) is 0 Å². The number of anilines is 1. The molecule has 0 aromatic heterocycles. The second-order valence-corrected chi connectivity index (χ2v) is 5.78. The van der Waals surface area contributed by atoms with E-state index in [9.17, 15) is 0 Å². The molecule has 0 aliphatic carbocycles. The van der Waals surface area contributed by atoms with Crippen LogP contribution in [0.25, 0.3) is 0 Å². The third-order valence-electron chi connectivity index (χ3n) is 2.59. The van der Waals surface area contributed by atoms with Gasteiger partial charge in [0.05, 0.1) is 6.10 Å². The van der Waals surface area contributed by atoms with Gasteiger partial charge in [-0.3, -0.25) is 0 Å². The molecular formula is C15H25NO. The Morgan fingerprint density at radius 3 is 2.24 bits per heavy atom. The molecule has 96 valence electrons. The van der Waals surface area contributed by atoms with Gasteiger partial charge in [-0.25, -0.2) is 0 Å². The van der Waals surface area contributed by atoms with E-state index in [1.54, 1.807) is 0 Å². The lowest BCUT2D eigenvalue weighted by Gasteiger charge is -2.20. The minimum Gasteiger partial charge on any atom is -0.491 e. The van der Waals surface area contributed by atoms with Crippen LogP contribution in [0.3, 0.4) is 0 Å². The molecule has 1 aromatic carbocycles. The van der Waals surface area contributed by atoms with Gasteiger partial charge in [-0.2, -0.15) is 0 Å². The van der Waals surface area contributed by atoms with Crippen LogP contribution in [0.1, 0.15) is 41.0 Å². The van der Waals surface area contributed by atoms with Gasteiger partial charge in [-0.05, 0) is 43.0 Å². The normalized spacial score (nSPS) is 13.2. The molecule has 1 N–H and O–H groups in total. The predicted molar refractivity (Wildman–Crippen MR) is 74.8 cm³/mol. The lowest BCUT2D eigenvalue weighted by Crippen LogP contribution is -2.18. The van der Waals surface area contributed by atoms with Crippen LogP contribution in [0.4, 0.5) is 5.69 Å². The van der Waals surface area contributed by atoms with E-state index in [1.807, 2.05) is 12.1 Å². The first-order chi connectivity index (χ1) is 7.90. The highest BCUT2D eigenvalue weighted by Crippen LogP contribution is 2.19. The van der Waals surface area contributed by atoms with Gasteiger partial charge in [0.2, 0.25) is 0 Å². The molecule has 0 aliphatic rings. The van der Waals surface area contributed by atoms with Crippen molar-refractivity contribution in [3.8, 4) is 5.75 Å². The molecule has 2 heteroatoms. The van der Waals surface area contributed by atoms with Crippen molar-refractivity contribution in [2.24, 2.45) is 5.41 Å². The number of hydrogen-bond acceptors (Lipinski definition) is 2. The van der Waals surface area contributed by atoms with Gasteiger partial charge in [0, 0.05) is 12.2 Å². The summed E-state index contributed by atoms with van der Waals surface area (Å²) < 4.78 is 5.74. The Morgan fingerprint density at radius 2 is 1.76 bits per heavy atom. The van der Waals surface area contributed by atoms with Gasteiger partial charge in [0.1, 0.15) is 5.75 Å². The van der Waals surface area contributed by atoms with E-state index in [2.05, 4.69) is 52.1 Å². The standard InChI is InChI=1S/C15H25NO/c1-6-12(2)17-14-9-7-13(8-10-14)16-11-15(3,4)5/h7-10,12,16H,6,11H2,1-5H3.